The van der Waals surface area contributed by atoms with Gasteiger partial charge >= 0.3 is 0 Å². The quantitative estimate of drug-likeness (QED) is 0.445. The Morgan fingerprint density at radius 3 is 2.86 bits per heavy atom. The Morgan fingerprint density at radius 1 is 1.20 bits per heavy atom. The number of nitrogens with two attached hydrogens (primary N) is 1. The Hall–Kier alpha value is -4.27. The van der Waals surface area contributed by atoms with Gasteiger partial charge in [0.2, 0.25) is 5.95 Å². The van der Waals surface area contributed by atoms with Gasteiger partial charge in [0.1, 0.15) is 11.6 Å². The van der Waals surface area contributed by atoms with E-state index < -0.39 is 11.7 Å². The number of imidazole rings is 1. The molecule has 5 rings (SSSR count). The summed E-state index contributed by atoms with van der Waals surface area (Å²) in [4.78, 5) is 28.0. The number of pyridine rings is 1. The first kappa shape index (κ1) is 22.5. The number of rotatable bonds is 5. The molecule has 1 aromatic carbocycles. The molecule has 0 saturated carbocycles. The zero-order valence-electron chi connectivity index (χ0n) is 19.4. The van der Waals surface area contributed by atoms with Crippen LogP contribution in [0.2, 0.25) is 0 Å². The molecule has 1 amide bonds. The molecule has 0 radical (unpaired) electrons. The number of carbonyl (C=O) groups excluding carboxylic acids is 1. The number of nitrogens with one attached hydrogen (secondary N) is 1. The molecule has 0 bridgehead atoms. The maximum atomic E-state index is 15.4. The van der Waals surface area contributed by atoms with E-state index in [-0.39, 0.29) is 23.0 Å². The summed E-state index contributed by atoms with van der Waals surface area (Å²) in [7, 11) is 0. The minimum absolute atomic E-state index is 0.178. The van der Waals surface area contributed by atoms with Crippen molar-refractivity contribution in [2.24, 2.45) is 0 Å². The molecular weight excluding hydrogens is 445 g/mol. The van der Waals surface area contributed by atoms with E-state index >= 15 is 4.39 Å². The van der Waals surface area contributed by atoms with Crippen LogP contribution in [0.1, 0.15) is 41.7 Å². The van der Waals surface area contributed by atoms with E-state index in [1.165, 1.54) is 6.07 Å². The number of piperidine rings is 1. The molecule has 1 atom stereocenters. The largest absolute Gasteiger partial charge is 0.377 e. The topological polar surface area (TPSA) is 101 Å². The highest BCUT2D eigenvalue weighted by Crippen LogP contribution is 2.34. The highest BCUT2D eigenvalue weighted by atomic mass is 19.1. The van der Waals surface area contributed by atoms with E-state index in [2.05, 4.69) is 26.4 Å². The lowest BCUT2D eigenvalue weighted by Crippen LogP contribution is -2.30. The van der Waals surface area contributed by atoms with Crippen LogP contribution in [0.25, 0.3) is 16.9 Å². The molecular formula is C26H26FN7O. The van der Waals surface area contributed by atoms with Crippen LogP contribution in [0, 0.1) is 5.82 Å². The number of allylic oxidation sites excluding steroid dienone is 1. The van der Waals surface area contributed by atoms with Crippen LogP contribution in [0.15, 0.2) is 67.1 Å². The van der Waals surface area contributed by atoms with Gasteiger partial charge in [0.15, 0.2) is 5.82 Å². The third kappa shape index (κ3) is 4.44. The van der Waals surface area contributed by atoms with Crippen LogP contribution in [0.4, 0.5) is 16.2 Å². The highest BCUT2D eigenvalue weighted by Gasteiger charge is 2.27. The van der Waals surface area contributed by atoms with Crippen molar-refractivity contribution in [3.63, 3.8) is 0 Å². The van der Waals surface area contributed by atoms with Crippen LogP contribution in [-0.4, -0.2) is 43.2 Å². The molecule has 35 heavy (non-hydrogen) atoms. The number of likely N-dealkylation sites (tertiary alicyclic amines) is 1. The minimum Gasteiger partial charge on any atom is -0.377 e. The lowest BCUT2D eigenvalue weighted by molar-refractivity contribution is 0.102. The van der Waals surface area contributed by atoms with Crippen molar-refractivity contribution < 1.29 is 9.18 Å². The van der Waals surface area contributed by atoms with Gasteiger partial charge in [-0.25, -0.2) is 19.3 Å². The average molecular weight is 472 g/mol. The first-order chi connectivity index (χ1) is 17.0. The predicted octanol–water partition coefficient (Wildman–Crippen LogP) is 4.48. The molecule has 3 aromatic heterocycles. The van der Waals surface area contributed by atoms with Crippen LogP contribution in [-0.2, 0) is 0 Å². The number of hydrogen-bond acceptors (Lipinski definition) is 6. The second-order valence-electron chi connectivity index (χ2n) is 8.52. The number of anilines is 2. The summed E-state index contributed by atoms with van der Waals surface area (Å²) in [5.74, 6) is 0.155. The number of hydrogen-bond donors (Lipinski definition) is 2. The maximum absolute atomic E-state index is 15.4. The van der Waals surface area contributed by atoms with E-state index in [0.717, 1.165) is 37.1 Å². The van der Waals surface area contributed by atoms with Crippen molar-refractivity contribution in [2.75, 3.05) is 24.1 Å². The van der Waals surface area contributed by atoms with E-state index in [9.17, 15) is 4.79 Å². The van der Waals surface area contributed by atoms with Crippen molar-refractivity contribution in [1.29, 1.82) is 0 Å². The van der Waals surface area contributed by atoms with E-state index in [1.807, 2.05) is 19.1 Å². The molecule has 1 aliphatic rings. The third-order valence-electron chi connectivity index (χ3n) is 6.19. The number of nitrogens with zero attached hydrogens (tertiary/aromatic N) is 5. The minimum atomic E-state index is -0.570. The molecule has 9 heteroatoms. The number of benzene rings is 1. The fourth-order valence-electron chi connectivity index (χ4n) is 4.60. The van der Waals surface area contributed by atoms with Gasteiger partial charge in [-0.05, 0) is 62.4 Å². The summed E-state index contributed by atoms with van der Waals surface area (Å²) in [6.45, 7) is 3.83. The highest BCUT2D eigenvalue weighted by molar-refractivity contribution is 6.04. The Labute approximate surface area is 202 Å². The summed E-state index contributed by atoms with van der Waals surface area (Å²) >= 11 is 0. The standard InChI is InChI=1S/C26H26FN7O/c1-2-13-33-14-5-6-18(16-33)23-21-10-12-30-26(28)34(21)24(32-23)19-9-8-17(15-20(19)27)25(35)31-22-7-3-4-11-29-22/h2-4,7-13,15,18H,5-6,14,16H2,1H3,(H2,28,30)(H,29,31,35). The summed E-state index contributed by atoms with van der Waals surface area (Å²) in [5.41, 5.74) is 8.34. The number of fused-ring (bicyclic) bond motifs is 1. The maximum Gasteiger partial charge on any atom is 0.256 e. The van der Waals surface area contributed by atoms with Gasteiger partial charge in [-0.3, -0.25) is 9.20 Å². The third-order valence-corrected chi connectivity index (χ3v) is 6.19. The van der Waals surface area contributed by atoms with Crippen LogP contribution >= 0.6 is 0 Å². The first-order valence-corrected chi connectivity index (χ1v) is 11.6. The summed E-state index contributed by atoms with van der Waals surface area (Å²) in [6, 6.07) is 11.4. The number of halogens is 1. The molecule has 8 nitrogen and oxygen atoms in total. The molecule has 3 N–H and O–H groups in total. The number of nitrogen functional groups attached to an aromatic ring is 1. The van der Waals surface area contributed by atoms with E-state index in [1.54, 1.807) is 47.1 Å². The van der Waals surface area contributed by atoms with Crippen LogP contribution < -0.4 is 11.1 Å². The molecule has 4 heterocycles. The normalized spacial score (nSPS) is 16.2. The summed E-state index contributed by atoms with van der Waals surface area (Å²) < 4.78 is 17.1. The molecule has 0 spiro atoms. The average Bonchev–Trinajstić information content (AvgIpc) is 3.26. The fraction of sp³-hybridized carbons (Fsp3) is 0.231. The van der Waals surface area contributed by atoms with Gasteiger partial charge in [-0.1, -0.05) is 12.1 Å². The van der Waals surface area contributed by atoms with Gasteiger partial charge < -0.3 is 16.0 Å². The van der Waals surface area contributed by atoms with Gasteiger partial charge in [0, 0.05) is 37.0 Å². The first-order valence-electron chi connectivity index (χ1n) is 11.6. The van der Waals surface area contributed by atoms with Gasteiger partial charge in [0.25, 0.3) is 5.91 Å². The zero-order valence-corrected chi connectivity index (χ0v) is 19.4. The summed E-state index contributed by atoms with van der Waals surface area (Å²) in [5, 5.41) is 2.67. The molecule has 1 unspecified atom stereocenters. The SMILES string of the molecule is CC=CN1CCCC(c2nc(-c3ccc(C(=O)Nc4ccccn4)cc3F)n3c(N)nccc23)C1. The Kier molecular flexibility index (Phi) is 6.13. The van der Waals surface area contributed by atoms with Crippen molar-refractivity contribution in [1.82, 2.24) is 24.3 Å². The van der Waals surface area contributed by atoms with E-state index in [4.69, 9.17) is 10.7 Å². The van der Waals surface area contributed by atoms with Crippen LogP contribution in [0.3, 0.4) is 0 Å². The van der Waals surface area contributed by atoms with Gasteiger partial charge in [-0.2, -0.15) is 0 Å². The van der Waals surface area contributed by atoms with Gasteiger partial charge in [-0.15, -0.1) is 0 Å². The molecule has 178 valence electrons. The van der Waals surface area contributed by atoms with E-state index in [0.29, 0.717) is 11.6 Å². The van der Waals surface area contributed by atoms with Crippen molar-refractivity contribution in [3.05, 3.63) is 84.2 Å². The van der Waals surface area contributed by atoms with Crippen LogP contribution in [0.5, 0.6) is 0 Å². The fourth-order valence-corrected chi connectivity index (χ4v) is 4.60. The van der Waals surface area contributed by atoms with Gasteiger partial charge in [0.05, 0.1) is 16.8 Å². The second kappa shape index (κ2) is 9.54. The lowest BCUT2D eigenvalue weighted by atomic mass is 9.94. The number of aromatic nitrogens is 4. The molecule has 1 saturated heterocycles. The Morgan fingerprint density at radius 2 is 2.09 bits per heavy atom. The Bertz CT molecular complexity index is 1400. The Balaban J connectivity index is 1.52. The number of carbonyl (C=O) groups is 1. The second-order valence-corrected chi connectivity index (χ2v) is 8.52. The summed E-state index contributed by atoms with van der Waals surface area (Å²) in [6.07, 6.45) is 9.36. The smallest absolute Gasteiger partial charge is 0.256 e. The molecule has 0 aliphatic carbocycles. The van der Waals surface area contributed by atoms with Crippen molar-refractivity contribution >= 4 is 23.2 Å². The van der Waals surface area contributed by atoms with Crippen molar-refractivity contribution in [2.45, 2.75) is 25.7 Å². The lowest BCUT2D eigenvalue weighted by Gasteiger charge is -2.31. The van der Waals surface area contributed by atoms with Crippen molar-refractivity contribution in [3.8, 4) is 11.4 Å². The predicted molar refractivity (Wildman–Crippen MR) is 133 cm³/mol. The molecule has 4 aromatic rings. The number of amides is 1. The monoisotopic (exact) mass is 471 g/mol. The molecule has 1 fully saturated rings. The zero-order chi connectivity index (χ0) is 24.4. The molecule has 1 aliphatic heterocycles.